The zero-order valence-electron chi connectivity index (χ0n) is 9.63. The summed E-state index contributed by atoms with van der Waals surface area (Å²) in [6, 6.07) is 5.07. The Morgan fingerprint density at radius 1 is 1.22 bits per heavy atom. The molecule has 1 aliphatic rings. The van der Waals surface area contributed by atoms with Gasteiger partial charge in [0.25, 0.3) is 5.54 Å². The Morgan fingerprint density at radius 3 is 2.44 bits per heavy atom. The second-order valence-corrected chi connectivity index (χ2v) is 4.33. The molecule has 18 heavy (non-hydrogen) atoms. The first-order valence-electron chi connectivity index (χ1n) is 5.62. The minimum atomic E-state index is -4.37. The number of benzene rings is 1. The van der Waals surface area contributed by atoms with Crippen LogP contribution in [0.4, 0.5) is 13.2 Å². The molecule has 0 radical (unpaired) electrons. The fourth-order valence-corrected chi connectivity index (χ4v) is 2.16. The molecule has 1 aromatic carbocycles. The average molecular weight is 255 g/mol. The third-order valence-electron chi connectivity index (χ3n) is 3.26. The van der Waals surface area contributed by atoms with Gasteiger partial charge in [0.2, 0.25) is 0 Å². The van der Waals surface area contributed by atoms with Gasteiger partial charge in [-0.1, -0.05) is 12.1 Å². The highest BCUT2D eigenvalue weighted by molar-refractivity contribution is 5.34. The highest BCUT2D eigenvalue weighted by Gasteiger charge is 2.42. The van der Waals surface area contributed by atoms with Crippen molar-refractivity contribution < 1.29 is 17.9 Å². The van der Waals surface area contributed by atoms with Crippen LogP contribution in [-0.4, -0.2) is 13.2 Å². The van der Waals surface area contributed by atoms with Gasteiger partial charge in [-0.2, -0.15) is 13.2 Å². The third kappa shape index (κ3) is 2.34. The van der Waals surface area contributed by atoms with Crippen LogP contribution in [0.25, 0.3) is 4.85 Å². The molecule has 1 saturated heterocycles. The molecule has 2 nitrogen and oxygen atoms in total. The summed E-state index contributed by atoms with van der Waals surface area (Å²) in [5.41, 5.74) is -1.12. The van der Waals surface area contributed by atoms with Crippen LogP contribution in [0.15, 0.2) is 24.3 Å². The van der Waals surface area contributed by atoms with Crippen molar-refractivity contribution in [2.75, 3.05) is 13.2 Å². The number of hydrogen-bond acceptors (Lipinski definition) is 1. The second-order valence-electron chi connectivity index (χ2n) is 4.33. The summed E-state index contributed by atoms with van der Waals surface area (Å²) in [4.78, 5) is 3.58. The van der Waals surface area contributed by atoms with Crippen molar-refractivity contribution >= 4 is 0 Å². The number of rotatable bonds is 1. The molecule has 0 amide bonds. The molecule has 1 heterocycles. The van der Waals surface area contributed by atoms with Crippen LogP contribution in [0.5, 0.6) is 0 Å². The zero-order chi connectivity index (χ0) is 13.2. The van der Waals surface area contributed by atoms with Crippen molar-refractivity contribution in [2.24, 2.45) is 0 Å². The lowest BCUT2D eigenvalue weighted by atomic mass is 9.83. The minimum absolute atomic E-state index is 0.415. The van der Waals surface area contributed by atoms with E-state index in [1.807, 2.05) is 0 Å². The van der Waals surface area contributed by atoms with Crippen molar-refractivity contribution in [1.29, 1.82) is 0 Å². The van der Waals surface area contributed by atoms with E-state index in [1.165, 1.54) is 6.07 Å². The molecule has 1 aliphatic heterocycles. The Morgan fingerprint density at radius 2 is 1.89 bits per heavy atom. The van der Waals surface area contributed by atoms with Crippen LogP contribution in [0.3, 0.4) is 0 Å². The largest absolute Gasteiger partial charge is 0.416 e. The summed E-state index contributed by atoms with van der Waals surface area (Å²) in [6.07, 6.45) is -3.49. The van der Waals surface area contributed by atoms with E-state index in [4.69, 9.17) is 11.3 Å². The Kier molecular flexibility index (Phi) is 3.31. The number of ether oxygens (including phenoxy) is 1. The van der Waals surface area contributed by atoms with Gasteiger partial charge in [-0.15, -0.1) is 0 Å². The van der Waals surface area contributed by atoms with Crippen LogP contribution in [0.1, 0.15) is 24.0 Å². The molecule has 0 aliphatic carbocycles. The van der Waals surface area contributed by atoms with E-state index < -0.39 is 17.3 Å². The molecule has 0 bridgehead atoms. The molecule has 1 fully saturated rings. The Hall–Kier alpha value is -1.54. The summed E-state index contributed by atoms with van der Waals surface area (Å²) in [7, 11) is 0. The maximum atomic E-state index is 12.7. The standard InChI is InChI=1S/C13H12F3NO/c1-17-12(5-7-18-8-6-12)10-3-2-4-11(9-10)13(14,15)16/h2-4,9H,5-8H2. The Bertz CT molecular complexity index is 470. The fourth-order valence-electron chi connectivity index (χ4n) is 2.16. The maximum Gasteiger partial charge on any atom is 0.416 e. The first-order valence-corrected chi connectivity index (χ1v) is 5.62. The van der Waals surface area contributed by atoms with E-state index >= 15 is 0 Å². The molecular weight excluding hydrogens is 243 g/mol. The van der Waals surface area contributed by atoms with Gasteiger partial charge in [0, 0.05) is 5.56 Å². The summed E-state index contributed by atoms with van der Waals surface area (Å²) in [5, 5.41) is 0. The number of nitrogens with zero attached hydrogens (tertiary/aromatic N) is 1. The van der Waals surface area contributed by atoms with Gasteiger partial charge in [0.05, 0.1) is 31.6 Å². The summed E-state index contributed by atoms with van der Waals surface area (Å²) in [6.45, 7) is 8.13. The number of halogens is 3. The molecule has 0 unspecified atom stereocenters. The topological polar surface area (TPSA) is 13.6 Å². The maximum absolute atomic E-state index is 12.7. The lowest BCUT2D eigenvalue weighted by Crippen LogP contribution is -2.30. The highest BCUT2D eigenvalue weighted by atomic mass is 19.4. The van der Waals surface area contributed by atoms with Crippen LogP contribution < -0.4 is 0 Å². The molecule has 2 rings (SSSR count). The number of hydrogen-bond donors (Lipinski definition) is 0. The quantitative estimate of drug-likeness (QED) is 0.699. The van der Waals surface area contributed by atoms with Gasteiger partial charge >= 0.3 is 6.18 Å². The molecule has 96 valence electrons. The van der Waals surface area contributed by atoms with Gasteiger partial charge < -0.3 is 9.58 Å². The van der Waals surface area contributed by atoms with E-state index in [0.717, 1.165) is 12.1 Å². The molecule has 0 spiro atoms. The first kappa shape index (κ1) is 12.9. The van der Waals surface area contributed by atoms with E-state index in [9.17, 15) is 13.2 Å². The SMILES string of the molecule is [C-]#[N+]C1(c2cccc(C(F)(F)F)c2)CCOCC1. The van der Waals surface area contributed by atoms with Crippen molar-refractivity contribution in [3.8, 4) is 0 Å². The molecule has 5 heteroatoms. The molecule has 0 atom stereocenters. The van der Waals surface area contributed by atoms with Crippen molar-refractivity contribution in [2.45, 2.75) is 24.6 Å². The van der Waals surface area contributed by atoms with Gasteiger partial charge in [-0.25, -0.2) is 6.57 Å². The van der Waals surface area contributed by atoms with Crippen molar-refractivity contribution in [1.82, 2.24) is 0 Å². The highest BCUT2D eigenvalue weighted by Crippen LogP contribution is 2.39. The van der Waals surface area contributed by atoms with Crippen LogP contribution in [0.2, 0.25) is 0 Å². The third-order valence-corrected chi connectivity index (χ3v) is 3.26. The summed E-state index contributed by atoms with van der Waals surface area (Å²) >= 11 is 0. The predicted molar refractivity (Wildman–Crippen MR) is 59.8 cm³/mol. The Balaban J connectivity index is 2.41. The van der Waals surface area contributed by atoms with E-state index in [1.54, 1.807) is 6.07 Å². The van der Waals surface area contributed by atoms with Gasteiger partial charge in [-0.3, -0.25) is 0 Å². The molecule has 1 aromatic rings. The normalized spacial score (nSPS) is 19.2. The second kappa shape index (κ2) is 4.62. The van der Waals surface area contributed by atoms with Crippen LogP contribution in [0, 0.1) is 6.57 Å². The predicted octanol–water partition coefficient (Wildman–Crippen LogP) is 3.63. The molecule has 0 saturated carbocycles. The minimum Gasteiger partial charge on any atom is -0.381 e. The molecule has 0 N–H and O–H groups in total. The molecule has 0 aromatic heterocycles. The first-order chi connectivity index (χ1) is 8.48. The lowest BCUT2D eigenvalue weighted by Gasteiger charge is -2.27. The average Bonchev–Trinajstić information content (AvgIpc) is 2.39. The van der Waals surface area contributed by atoms with Gasteiger partial charge in [-0.05, 0) is 12.1 Å². The van der Waals surface area contributed by atoms with Gasteiger partial charge in [0.15, 0.2) is 0 Å². The van der Waals surface area contributed by atoms with Crippen LogP contribution >= 0.6 is 0 Å². The summed E-state index contributed by atoms with van der Waals surface area (Å²) < 4.78 is 43.2. The van der Waals surface area contributed by atoms with E-state index in [2.05, 4.69) is 4.85 Å². The van der Waals surface area contributed by atoms with E-state index in [-0.39, 0.29) is 0 Å². The Labute approximate surface area is 103 Å². The monoisotopic (exact) mass is 255 g/mol. The fraction of sp³-hybridized carbons (Fsp3) is 0.462. The van der Waals surface area contributed by atoms with Crippen LogP contribution in [-0.2, 0) is 16.5 Å². The van der Waals surface area contributed by atoms with E-state index in [0.29, 0.717) is 31.6 Å². The smallest absolute Gasteiger partial charge is 0.381 e. The number of alkyl halides is 3. The molecular formula is C13H12F3NO. The van der Waals surface area contributed by atoms with Crippen molar-refractivity contribution in [3.63, 3.8) is 0 Å². The van der Waals surface area contributed by atoms with Crippen molar-refractivity contribution in [3.05, 3.63) is 46.8 Å². The zero-order valence-corrected chi connectivity index (χ0v) is 9.63. The lowest BCUT2D eigenvalue weighted by molar-refractivity contribution is -0.137. The van der Waals surface area contributed by atoms with Gasteiger partial charge in [0.1, 0.15) is 0 Å². The summed E-state index contributed by atoms with van der Waals surface area (Å²) in [5.74, 6) is 0.